The Balaban J connectivity index is 0.00000180. The molecule has 104 valence electrons. The molecule has 19 heavy (non-hydrogen) atoms. The van der Waals surface area contributed by atoms with E-state index in [0.29, 0.717) is 17.8 Å². The molecule has 0 spiro atoms. The number of nitrogens with zero attached hydrogens (tertiary/aromatic N) is 2. The molecule has 4 nitrogen and oxygen atoms in total. The maximum absolute atomic E-state index is 13.7. The van der Waals surface area contributed by atoms with Gasteiger partial charge in [-0.15, -0.1) is 12.4 Å². The maximum atomic E-state index is 13.7. The van der Waals surface area contributed by atoms with Crippen molar-refractivity contribution in [1.29, 1.82) is 0 Å². The minimum Gasteiger partial charge on any atom is -0.334 e. The highest BCUT2D eigenvalue weighted by Crippen LogP contribution is 2.22. The van der Waals surface area contributed by atoms with Gasteiger partial charge in [0.25, 0.3) is 5.89 Å². The van der Waals surface area contributed by atoms with Gasteiger partial charge in [-0.2, -0.15) is 4.98 Å². The molecule has 1 heterocycles. The van der Waals surface area contributed by atoms with Crippen LogP contribution >= 0.6 is 12.4 Å². The van der Waals surface area contributed by atoms with E-state index in [0.717, 1.165) is 5.56 Å². The van der Waals surface area contributed by atoms with Crippen molar-refractivity contribution in [2.75, 3.05) is 7.05 Å². The van der Waals surface area contributed by atoms with Crippen molar-refractivity contribution in [3.05, 3.63) is 35.4 Å². The molecule has 1 unspecified atom stereocenters. The van der Waals surface area contributed by atoms with Gasteiger partial charge >= 0.3 is 0 Å². The van der Waals surface area contributed by atoms with E-state index in [1.807, 2.05) is 20.9 Å². The van der Waals surface area contributed by atoms with Crippen LogP contribution in [0, 0.1) is 12.7 Å². The lowest BCUT2D eigenvalue weighted by atomic mass is 10.1. The van der Waals surface area contributed by atoms with Gasteiger partial charge < -0.3 is 9.84 Å². The average molecular weight is 286 g/mol. The monoisotopic (exact) mass is 285 g/mol. The Labute approximate surface area is 117 Å². The van der Waals surface area contributed by atoms with Gasteiger partial charge in [0.05, 0.1) is 5.56 Å². The molecule has 2 rings (SSSR count). The number of likely N-dealkylation sites (N-methyl/N-ethyl adjacent to an activating group) is 1. The van der Waals surface area contributed by atoms with E-state index in [9.17, 15) is 4.39 Å². The number of rotatable bonds is 4. The SMILES string of the molecule is CNC(C)Cc1noc(-c2cc(C)ccc2F)n1.Cl. The lowest BCUT2D eigenvalue weighted by Gasteiger charge is -2.04. The van der Waals surface area contributed by atoms with E-state index >= 15 is 0 Å². The molecule has 0 saturated carbocycles. The van der Waals surface area contributed by atoms with Crippen LogP contribution in [-0.2, 0) is 6.42 Å². The van der Waals surface area contributed by atoms with Crippen molar-refractivity contribution in [2.45, 2.75) is 26.3 Å². The van der Waals surface area contributed by atoms with E-state index in [1.165, 1.54) is 6.07 Å². The first-order valence-electron chi connectivity index (χ1n) is 5.86. The third kappa shape index (κ3) is 3.75. The molecule has 1 aromatic carbocycles. The van der Waals surface area contributed by atoms with Crippen LogP contribution in [-0.4, -0.2) is 23.2 Å². The van der Waals surface area contributed by atoms with Crippen LogP contribution in [0.15, 0.2) is 22.7 Å². The van der Waals surface area contributed by atoms with Gasteiger partial charge in [-0.3, -0.25) is 0 Å². The fourth-order valence-electron chi connectivity index (χ4n) is 1.63. The Morgan fingerprint density at radius 2 is 2.16 bits per heavy atom. The van der Waals surface area contributed by atoms with Gasteiger partial charge in [0.1, 0.15) is 5.82 Å². The third-order valence-electron chi connectivity index (χ3n) is 2.80. The van der Waals surface area contributed by atoms with Crippen LogP contribution in [0.1, 0.15) is 18.3 Å². The molecule has 0 saturated heterocycles. The molecule has 0 aliphatic rings. The number of nitrogens with one attached hydrogen (secondary N) is 1. The fourth-order valence-corrected chi connectivity index (χ4v) is 1.63. The number of halogens is 2. The fraction of sp³-hybridized carbons (Fsp3) is 0.385. The van der Waals surface area contributed by atoms with Crippen LogP contribution in [0.5, 0.6) is 0 Å². The van der Waals surface area contributed by atoms with Gasteiger partial charge in [0.15, 0.2) is 5.82 Å². The summed E-state index contributed by atoms with van der Waals surface area (Å²) in [6.45, 7) is 3.91. The van der Waals surface area contributed by atoms with Crippen LogP contribution in [0.25, 0.3) is 11.5 Å². The van der Waals surface area contributed by atoms with Gasteiger partial charge in [-0.1, -0.05) is 16.8 Å². The van der Waals surface area contributed by atoms with Crippen molar-refractivity contribution < 1.29 is 8.91 Å². The first-order valence-corrected chi connectivity index (χ1v) is 5.86. The zero-order valence-corrected chi connectivity index (χ0v) is 11.9. The third-order valence-corrected chi connectivity index (χ3v) is 2.80. The summed E-state index contributed by atoms with van der Waals surface area (Å²) in [7, 11) is 1.87. The van der Waals surface area contributed by atoms with E-state index in [2.05, 4.69) is 15.5 Å². The van der Waals surface area contributed by atoms with Gasteiger partial charge in [-0.05, 0) is 33.0 Å². The second-order valence-electron chi connectivity index (χ2n) is 4.39. The Kier molecular flexibility index (Phi) is 5.44. The smallest absolute Gasteiger partial charge is 0.260 e. The van der Waals surface area contributed by atoms with Crippen LogP contribution in [0.3, 0.4) is 0 Å². The van der Waals surface area contributed by atoms with Crippen LogP contribution in [0.2, 0.25) is 0 Å². The highest BCUT2D eigenvalue weighted by Gasteiger charge is 2.14. The van der Waals surface area contributed by atoms with Crippen LogP contribution in [0.4, 0.5) is 4.39 Å². The largest absolute Gasteiger partial charge is 0.334 e. The highest BCUT2D eigenvalue weighted by atomic mass is 35.5. The summed E-state index contributed by atoms with van der Waals surface area (Å²) in [6, 6.07) is 5.07. The highest BCUT2D eigenvalue weighted by molar-refractivity contribution is 5.85. The summed E-state index contributed by atoms with van der Waals surface area (Å²) < 4.78 is 18.8. The number of hydrogen-bond acceptors (Lipinski definition) is 4. The van der Waals surface area contributed by atoms with E-state index in [1.54, 1.807) is 12.1 Å². The Morgan fingerprint density at radius 1 is 1.42 bits per heavy atom. The number of hydrogen-bond donors (Lipinski definition) is 1. The second kappa shape index (κ2) is 6.63. The minimum absolute atomic E-state index is 0. The predicted octanol–water partition coefficient (Wildman–Crippen LogP) is 2.76. The second-order valence-corrected chi connectivity index (χ2v) is 4.39. The number of aryl methyl sites for hydroxylation is 1. The number of benzene rings is 1. The molecule has 2 aromatic rings. The van der Waals surface area contributed by atoms with E-state index < -0.39 is 0 Å². The zero-order chi connectivity index (χ0) is 13.1. The van der Waals surface area contributed by atoms with E-state index in [-0.39, 0.29) is 30.2 Å². The zero-order valence-electron chi connectivity index (χ0n) is 11.1. The molecular formula is C13H17ClFN3O. The summed E-state index contributed by atoms with van der Waals surface area (Å²) >= 11 is 0. The lowest BCUT2D eigenvalue weighted by molar-refractivity contribution is 0.416. The standard InChI is InChI=1S/C13H16FN3O.ClH/c1-8-4-5-11(14)10(6-8)13-16-12(17-18-13)7-9(2)15-3;/h4-6,9,15H,7H2,1-3H3;1H. The average Bonchev–Trinajstić information content (AvgIpc) is 2.80. The molecular weight excluding hydrogens is 269 g/mol. The summed E-state index contributed by atoms with van der Waals surface area (Å²) in [4.78, 5) is 4.21. The Hall–Kier alpha value is -1.46. The lowest BCUT2D eigenvalue weighted by Crippen LogP contribution is -2.24. The van der Waals surface area contributed by atoms with E-state index in [4.69, 9.17) is 4.52 Å². The normalized spacial score (nSPS) is 12.0. The summed E-state index contributed by atoms with van der Waals surface area (Å²) in [5.74, 6) is 0.458. The maximum Gasteiger partial charge on any atom is 0.260 e. The first kappa shape index (κ1) is 15.6. The van der Waals surface area contributed by atoms with Crippen molar-refractivity contribution in [3.63, 3.8) is 0 Å². The molecule has 1 aromatic heterocycles. The Bertz CT molecular complexity index is 544. The quantitative estimate of drug-likeness (QED) is 0.938. The van der Waals surface area contributed by atoms with Crippen molar-refractivity contribution >= 4 is 12.4 Å². The minimum atomic E-state index is -0.350. The van der Waals surface area contributed by atoms with Crippen LogP contribution < -0.4 is 5.32 Å². The molecule has 0 fully saturated rings. The summed E-state index contributed by atoms with van der Waals surface area (Å²) in [6.07, 6.45) is 0.646. The van der Waals surface area contributed by atoms with Gasteiger partial charge in [0.2, 0.25) is 0 Å². The van der Waals surface area contributed by atoms with Crippen molar-refractivity contribution in [2.24, 2.45) is 0 Å². The topological polar surface area (TPSA) is 51.0 Å². The predicted molar refractivity (Wildman–Crippen MR) is 73.9 cm³/mol. The molecule has 0 aliphatic carbocycles. The molecule has 0 bridgehead atoms. The molecule has 1 N–H and O–H groups in total. The molecule has 0 aliphatic heterocycles. The summed E-state index contributed by atoms with van der Waals surface area (Å²) in [5.41, 5.74) is 1.31. The Morgan fingerprint density at radius 3 is 2.84 bits per heavy atom. The first-order chi connectivity index (χ1) is 8.60. The number of aromatic nitrogens is 2. The molecule has 6 heteroatoms. The molecule has 0 radical (unpaired) electrons. The molecule has 1 atom stereocenters. The molecule has 0 amide bonds. The van der Waals surface area contributed by atoms with Gasteiger partial charge in [-0.25, -0.2) is 4.39 Å². The van der Waals surface area contributed by atoms with Crippen molar-refractivity contribution in [3.8, 4) is 11.5 Å². The van der Waals surface area contributed by atoms with Gasteiger partial charge in [0, 0.05) is 12.5 Å². The summed E-state index contributed by atoms with van der Waals surface area (Å²) in [5, 5.41) is 6.95. The van der Waals surface area contributed by atoms with Crippen molar-refractivity contribution in [1.82, 2.24) is 15.5 Å².